The fraction of sp³-hybridized carbons (Fsp3) is 0.917. The van der Waals surface area contributed by atoms with Gasteiger partial charge in [-0.3, -0.25) is 0 Å². The van der Waals surface area contributed by atoms with E-state index in [4.69, 9.17) is 4.74 Å². The second-order valence-electron chi connectivity index (χ2n) is 5.22. The van der Waals surface area contributed by atoms with Crippen LogP contribution in [0.15, 0.2) is 0 Å². The van der Waals surface area contributed by atoms with Crippen LogP contribution in [-0.2, 0) is 14.9 Å². The molecule has 2 aliphatic rings. The monoisotopic (exact) mass is 320 g/mol. The summed E-state index contributed by atoms with van der Waals surface area (Å²) in [6, 6.07) is -0.185. The topological polar surface area (TPSA) is 91.0 Å². The molecule has 1 atom stereocenters. The first-order valence-corrected chi connectivity index (χ1v) is 8.83. The van der Waals surface area contributed by atoms with Gasteiger partial charge in [-0.1, -0.05) is 0 Å². The molecule has 21 heavy (non-hydrogen) atoms. The minimum Gasteiger partial charge on any atom is -0.450 e. The van der Waals surface area contributed by atoms with Crippen molar-refractivity contribution in [2.75, 3.05) is 45.9 Å². The average molecular weight is 320 g/mol. The Morgan fingerprint density at radius 2 is 2.00 bits per heavy atom. The lowest BCUT2D eigenvalue weighted by molar-refractivity contribution is 0.142. The molecule has 1 unspecified atom stereocenters. The van der Waals surface area contributed by atoms with E-state index in [9.17, 15) is 13.2 Å². The van der Waals surface area contributed by atoms with E-state index in [0.717, 1.165) is 12.8 Å². The zero-order chi connectivity index (χ0) is 15.3. The van der Waals surface area contributed by atoms with E-state index in [1.54, 1.807) is 6.92 Å². The van der Waals surface area contributed by atoms with Gasteiger partial charge in [-0.05, 0) is 19.8 Å². The van der Waals surface area contributed by atoms with Crippen LogP contribution in [0.1, 0.15) is 19.8 Å². The van der Waals surface area contributed by atoms with E-state index < -0.39 is 16.3 Å². The minimum absolute atomic E-state index is 0.185. The second kappa shape index (κ2) is 7.39. The summed E-state index contributed by atoms with van der Waals surface area (Å²) in [5.41, 5.74) is 0. The van der Waals surface area contributed by atoms with Gasteiger partial charge in [0.25, 0.3) is 10.2 Å². The van der Waals surface area contributed by atoms with Crippen LogP contribution in [-0.4, -0.2) is 75.0 Å². The molecule has 122 valence electrons. The van der Waals surface area contributed by atoms with Crippen LogP contribution in [0.3, 0.4) is 0 Å². The summed E-state index contributed by atoms with van der Waals surface area (Å²) < 4.78 is 33.0. The molecule has 0 aromatic carbocycles. The number of amides is 1. The molecular weight excluding hydrogens is 296 g/mol. The number of alkyl carbamates (subject to hydrolysis) is 1. The second-order valence-corrected chi connectivity index (χ2v) is 7.15. The van der Waals surface area contributed by atoms with Crippen molar-refractivity contribution >= 4 is 16.3 Å². The van der Waals surface area contributed by atoms with E-state index >= 15 is 0 Å². The summed E-state index contributed by atoms with van der Waals surface area (Å²) in [7, 11) is -3.43. The fourth-order valence-electron chi connectivity index (χ4n) is 2.65. The molecule has 2 aliphatic heterocycles. The molecule has 2 saturated heterocycles. The normalized spacial score (nSPS) is 25.5. The lowest BCUT2D eigenvalue weighted by Crippen LogP contribution is -2.56. The number of rotatable bonds is 4. The van der Waals surface area contributed by atoms with Gasteiger partial charge in [0.2, 0.25) is 0 Å². The quantitative estimate of drug-likeness (QED) is 0.718. The smallest absolute Gasteiger partial charge is 0.407 e. The van der Waals surface area contributed by atoms with Crippen LogP contribution < -0.4 is 10.6 Å². The SMILES string of the molecule is CCOC(=O)NC1CCCN(S(=O)(=O)N2CCNCC2)C1. The van der Waals surface area contributed by atoms with Crippen LogP contribution in [0.4, 0.5) is 4.79 Å². The molecule has 0 radical (unpaired) electrons. The highest BCUT2D eigenvalue weighted by Gasteiger charge is 2.34. The molecule has 2 N–H and O–H groups in total. The molecule has 0 saturated carbocycles. The standard InChI is InChI=1S/C12H24N4O4S/c1-2-20-12(17)14-11-4-3-7-16(10-11)21(18,19)15-8-5-13-6-9-15/h11,13H,2-10H2,1H3,(H,14,17). The van der Waals surface area contributed by atoms with Crippen molar-refractivity contribution < 1.29 is 17.9 Å². The Hall–Kier alpha value is -0.900. The Morgan fingerprint density at radius 3 is 2.67 bits per heavy atom. The van der Waals surface area contributed by atoms with Crippen LogP contribution in [0, 0.1) is 0 Å². The predicted octanol–water partition coefficient (Wildman–Crippen LogP) is -0.653. The molecule has 9 heteroatoms. The van der Waals surface area contributed by atoms with Crippen LogP contribution in [0.25, 0.3) is 0 Å². The molecule has 1 amide bonds. The van der Waals surface area contributed by atoms with Gasteiger partial charge >= 0.3 is 6.09 Å². The van der Waals surface area contributed by atoms with Crippen molar-refractivity contribution in [3.05, 3.63) is 0 Å². The van der Waals surface area contributed by atoms with Crippen molar-refractivity contribution in [3.63, 3.8) is 0 Å². The maximum absolute atomic E-state index is 12.6. The number of ether oxygens (including phenoxy) is 1. The first-order chi connectivity index (χ1) is 10.0. The van der Waals surface area contributed by atoms with Gasteiger partial charge in [-0.2, -0.15) is 17.0 Å². The molecule has 0 spiro atoms. The van der Waals surface area contributed by atoms with Crippen molar-refractivity contribution in [1.82, 2.24) is 19.2 Å². The van der Waals surface area contributed by atoms with Gasteiger partial charge in [0.1, 0.15) is 0 Å². The summed E-state index contributed by atoms with van der Waals surface area (Å²) in [5.74, 6) is 0. The number of nitrogens with one attached hydrogen (secondary N) is 2. The highest BCUT2D eigenvalue weighted by Crippen LogP contribution is 2.17. The molecule has 2 heterocycles. The lowest BCUT2D eigenvalue weighted by atomic mass is 10.1. The Bertz CT molecular complexity index is 450. The van der Waals surface area contributed by atoms with Gasteiger partial charge in [0.05, 0.1) is 6.61 Å². The molecule has 2 rings (SSSR count). The third-order valence-corrected chi connectivity index (χ3v) is 5.71. The molecule has 0 bridgehead atoms. The van der Waals surface area contributed by atoms with E-state index in [0.29, 0.717) is 45.9 Å². The molecule has 8 nitrogen and oxygen atoms in total. The first kappa shape index (κ1) is 16.5. The number of piperidine rings is 1. The van der Waals surface area contributed by atoms with Crippen molar-refractivity contribution in [2.24, 2.45) is 0 Å². The summed E-state index contributed by atoms with van der Waals surface area (Å²) in [5, 5.41) is 5.87. The third kappa shape index (κ3) is 4.29. The molecule has 2 fully saturated rings. The summed E-state index contributed by atoms with van der Waals surface area (Å²) >= 11 is 0. The van der Waals surface area contributed by atoms with Gasteiger partial charge < -0.3 is 15.4 Å². The van der Waals surface area contributed by atoms with Gasteiger partial charge in [-0.15, -0.1) is 0 Å². The summed E-state index contributed by atoms with van der Waals surface area (Å²) in [4.78, 5) is 11.4. The number of hydrogen-bond donors (Lipinski definition) is 2. The lowest BCUT2D eigenvalue weighted by Gasteiger charge is -2.36. The largest absolute Gasteiger partial charge is 0.450 e. The Kier molecular flexibility index (Phi) is 5.80. The van der Waals surface area contributed by atoms with Gasteiger partial charge in [0.15, 0.2) is 0 Å². The third-order valence-electron chi connectivity index (χ3n) is 3.71. The molecule has 0 aromatic heterocycles. The molecule has 0 aromatic rings. The average Bonchev–Trinajstić information content (AvgIpc) is 2.48. The zero-order valence-electron chi connectivity index (χ0n) is 12.4. The van der Waals surface area contributed by atoms with Crippen LogP contribution in [0.5, 0.6) is 0 Å². The molecular formula is C12H24N4O4S. The maximum atomic E-state index is 12.6. The maximum Gasteiger partial charge on any atom is 0.407 e. The number of carbonyl (C=O) groups excluding carboxylic acids is 1. The number of piperazine rings is 1. The highest BCUT2D eigenvalue weighted by atomic mass is 32.2. The van der Waals surface area contributed by atoms with Crippen molar-refractivity contribution in [1.29, 1.82) is 0 Å². The van der Waals surface area contributed by atoms with Gasteiger partial charge in [-0.25, -0.2) is 4.79 Å². The number of hydrogen-bond acceptors (Lipinski definition) is 5. The predicted molar refractivity (Wildman–Crippen MR) is 78.1 cm³/mol. The Labute approximate surface area is 126 Å². The van der Waals surface area contributed by atoms with E-state index in [1.165, 1.54) is 8.61 Å². The number of nitrogens with zero attached hydrogens (tertiary/aromatic N) is 2. The summed E-state index contributed by atoms with van der Waals surface area (Å²) in [6.45, 7) is 5.21. The van der Waals surface area contributed by atoms with Crippen LogP contribution >= 0.6 is 0 Å². The zero-order valence-corrected chi connectivity index (χ0v) is 13.2. The van der Waals surface area contributed by atoms with Crippen molar-refractivity contribution in [2.45, 2.75) is 25.8 Å². The van der Waals surface area contributed by atoms with Gasteiger partial charge in [0, 0.05) is 45.3 Å². The Balaban J connectivity index is 1.94. The first-order valence-electron chi connectivity index (χ1n) is 7.43. The molecule has 0 aliphatic carbocycles. The highest BCUT2D eigenvalue weighted by molar-refractivity contribution is 7.86. The van der Waals surface area contributed by atoms with E-state index in [1.807, 2.05) is 0 Å². The minimum atomic E-state index is -3.43. The van der Waals surface area contributed by atoms with E-state index in [2.05, 4.69) is 10.6 Å². The Morgan fingerprint density at radius 1 is 1.29 bits per heavy atom. The van der Waals surface area contributed by atoms with Crippen molar-refractivity contribution in [3.8, 4) is 0 Å². The van der Waals surface area contributed by atoms with E-state index in [-0.39, 0.29) is 6.04 Å². The summed E-state index contributed by atoms with van der Waals surface area (Å²) in [6.07, 6.45) is 1.03. The fourth-order valence-corrected chi connectivity index (χ4v) is 4.35. The van der Waals surface area contributed by atoms with Crippen LogP contribution in [0.2, 0.25) is 0 Å². The number of carbonyl (C=O) groups is 1.